The van der Waals surface area contributed by atoms with E-state index in [1.807, 2.05) is 0 Å². The van der Waals surface area contributed by atoms with Gasteiger partial charge < -0.3 is 9.84 Å². The third-order valence-corrected chi connectivity index (χ3v) is 4.31. The minimum atomic E-state index is -4.66. The zero-order valence-corrected chi connectivity index (χ0v) is 14.6. The minimum absolute atomic E-state index is 0.149. The van der Waals surface area contributed by atoms with E-state index in [2.05, 4.69) is 9.72 Å². The molecule has 9 heteroatoms. The number of carbonyl (C=O) groups is 1. The van der Waals surface area contributed by atoms with Crippen LogP contribution in [0.3, 0.4) is 0 Å². The Balaban J connectivity index is 2.26. The molecule has 1 atom stereocenters. The van der Waals surface area contributed by atoms with Gasteiger partial charge in [0.05, 0.1) is 24.7 Å². The van der Waals surface area contributed by atoms with Crippen molar-refractivity contribution in [1.82, 2.24) is 9.38 Å². The zero-order valence-electron chi connectivity index (χ0n) is 14.6. The van der Waals surface area contributed by atoms with Crippen molar-refractivity contribution in [3.63, 3.8) is 0 Å². The van der Waals surface area contributed by atoms with Crippen molar-refractivity contribution in [3.05, 3.63) is 75.7 Å². The first kappa shape index (κ1) is 19.4. The van der Waals surface area contributed by atoms with Crippen molar-refractivity contribution < 1.29 is 27.8 Å². The van der Waals surface area contributed by atoms with Crippen molar-refractivity contribution in [1.29, 1.82) is 0 Å². The number of pyridine rings is 1. The monoisotopic (exact) mass is 392 g/mol. The summed E-state index contributed by atoms with van der Waals surface area (Å²) in [6, 6.07) is 10.1. The maximum atomic E-state index is 13.0. The molecule has 0 aliphatic rings. The lowest BCUT2D eigenvalue weighted by molar-refractivity contribution is -0.141. The summed E-state index contributed by atoms with van der Waals surface area (Å²) in [5, 5.41) is 10.3. The van der Waals surface area contributed by atoms with Gasteiger partial charge in [0.25, 0.3) is 5.56 Å². The highest BCUT2D eigenvalue weighted by molar-refractivity contribution is 5.71. The van der Waals surface area contributed by atoms with Crippen LogP contribution in [0.4, 0.5) is 13.2 Å². The number of carbonyl (C=O) groups excluding carboxylic acids is 1. The highest BCUT2D eigenvalue weighted by Crippen LogP contribution is 2.32. The molecule has 3 rings (SSSR count). The van der Waals surface area contributed by atoms with Gasteiger partial charge in [-0.1, -0.05) is 30.3 Å². The SMILES string of the molecule is COC(=O)C[C@H](c1ccccc1)c1c(O)nc2ccc(C(F)(F)F)cn2c1=O. The first-order valence-corrected chi connectivity index (χ1v) is 8.16. The summed E-state index contributed by atoms with van der Waals surface area (Å²) in [6.45, 7) is 0. The molecule has 0 radical (unpaired) electrons. The molecule has 0 unspecified atom stereocenters. The molecule has 0 aliphatic carbocycles. The lowest BCUT2D eigenvalue weighted by Gasteiger charge is -2.18. The predicted octanol–water partition coefficient (Wildman–Crippen LogP) is 3.11. The smallest absolute Gasteiger partial charge is 0.417 e. The Morgan fingerprint density at radius 3 is 2.50 bits per heavy atom. The van der Waals surface area contributed by atoms with E-state index in [1.54, 1.807) is 30.3 Å². The minimum Gasteiger partial charge on any atom is -0.493 e. The number of esters is 1. The molecule has 1 N–H and O–H groups in total. The average molecular weight is 392 g/mol. The number of rotatable bonds is 4. The van der Waals surface area contributed by atoms with Crippen LogP contribution in [0.2, 0.25) is 0 Å². The number of nitrogens with zero attached hydrogens (tertiary/aromatic N) is 2. The van der Waals surface area contributed by atoms with Crippen molar-refractivity contribution in [2.75, 3.05) is 7.11 Å². The van der Waals surface area contributed by atoms with Gasteiger partial charge in [0.15, 0.2) is 0 Å². The van der Waals surface area contributed by atoms with Crippen LogP contribution in [0.1, 0.15) is 29.0 Å². The Morgan fingerprint density at radius 1 is 1.21 bits per heavy atom. The first-order valence-electron chi connectivity index (χ1n) is 8.16. The van der Waals surface area contributed by atoms with Crippen molar-refractivity contribution in [2.24, 2.45) is 0 Å². The Hall–Kier alpha value is -3.36. The van der Waals surface area contributed by atoms with E-state index in [0.29, 0.717) is 16.2 Å². The fourth-order valence-electron chi connectivity index (χ4n) is 2.94. The van der Waals surface area contributed by atoms with E-state index in [4.69, 9.17) is 0 Å². The summed E-state index contributed by atoms with van der Waals surface area (Å²) in [4.78, 5) is 28.7. The number of fused-ring (bicyclic) bond motifs is 1. The first-order chi connectivity index (χ1) is 13.2. The fourth-order valence-corrected chi connectivity index (χ4v) is 2.94. The third-order valence-electron chi connectivity index (χ3n) is 4.31. The van der Waals surface area contributed by atoms with E-state index in [-0.39, 0.29) is 17.6 Å². The maximum Gasteiger partial charge on any atom is 0.417 e. The van der Waals surface area contributed by atoms with Gasteiger partial charge in [-0.3, -0.25) is 14.0 Å². The molecule has 0 saturated heterocycles. The van der Waals surface area contributed by atoms with E-state index in [1.165, 1.54) is 7.11 Å². The number of aromatic nitrogens is 2. The van der Waals surface area contributed by atoms with Crippen LogP contribution < -0.4 is 5.56 Å². The standard InChI is InChI=1S/C19H15F3N2O4/c1-28-15(25)9-13(11-5-3-2-4-6-11)16-17(26)23-14-8-7-12(19(20,21)22)10-24(14)18(16)27/h2-8,10,13,26H,9H2,1H3/t13-/m1/s1. The molecule has 0 saturated carbocycles. The molecule has 0 spiro atoms. The highest BCUT2D eigenvalue weighted by atomic mass is 19.4. The number of hydrogen-bond acceptors (Lipinski definition) is 5. The van der Waals surface area contributed by atoms with E-state index < -0.39 is 35.1 Å². The predicted molar refractivity (Wildman–Crippen MR) is 93.0 cm³/mol. The van der Waals surface area contributed by atoms with Crippen LogP contribution in [-0.2, 0) is 15.7 Å². The van der Waals surface area contributed by atoms with E-state index >= 15 is 0 Å². The van der Waals surface area contributed by atoms with E-state index in [9.17, 15) is 27.9 Å². The summed E-state index contributed by atoms with van der Waals surface area (Å²) < 4.78 is 44.4. The molecule has 0 fully saturated rings. The van der Waals surface area contributed by atoms with Gasteiger partial charge in [-0.25, -0.2) is 0 Å². The summed E-state index contributed by atoms with van der Waals surface area (Å²) in [6.07, 6.45) is -4.33. The van der Waals surface area contributed by atoms with Gasteiger partial charge in [-0.05, 0) is 17.7 Å². The number of benzene rings is 1. The highest BCUT2D eigenvalue weighted by Gasteiger charge is 2.32. The summed E-state index contributed by atoms with van der Waals surface area (Å²) in [5.41, 5.74) is -1.86. The number of methoxy groups -OCH3 is 1. The average Bonchev–Trinajstić information content (AvgIpc) is 2.66. The summed E-state index contributed by atoms with van der Waals surface area (Å²) in [7, 11) is 1.17. The molecule has 146 valence electrons. The van der Waals surface area contributed by atoms with Gasteiger partial charge in [-0.15, -0.1) is 0 Å². The van der Waals surface area contributed by atoms with E-state index in [0.717, 1.165) is 12.1 Å². The van der Waals surface area contributed by atoms with Gasteiger partial charge in [0.2, 0.25) is 5.88 Å². The summed E-state index contributed by atoms with van der Waals surface area (Å²) >= 11 is 0. The van der Waals surface area contributed by atoms with Crippen LogP contribution in [0.15, 0.2) is 53.5 Å². The molecular weight excluding hydrogens is 377 g/mol. The second-order valence-electron chi connectivity index (χ2n) is 6.04. The van der Waals surface area contributed by atoms with Crippen LogP contribution in [0.5, 0.6) is 5.88 Å². The Morgan fingerprint density at radius 2 is 1.89 bits per heavy atom. The normalized spacial score (nSPS) is 12.7. The fraction of sp³-hybridized carbons (Fsp3) is 0.211. The summed E-state index contributed by atoms with van der Waals surface area (Å²) in [5.74, 6) is -2.25. The second-order valence-corrected chi connectivity index (χ2v) is 6.04. The number of alkyl halides is 3. The second kappa shape index (κ2) is 7.34. The number of aromatic hydroxyl groups is 1. The molecule has 1 aromatic carbocycles. The maximum absolute atomic E-state index is 13.0. The lowest BCUT2D eigenvalue weighted by atomic mass is 9.89. The molecule has 0 aliphatic heterocycles. The van der Waals surface area contributed by atoms with Gasteiger partial charge in [0, 0.05) is 12.1 Å². The molecule has 2 heterocycles. The molecule has 0 bridgehead atoms. The Kier molecular flexibility index (Phi) is 5.08. The molecule has 6 nitrogen and oxygen atoms in total. The van der Waals surface area contributed by atoms with Crippen LogP contribution in [0, 0.1) is 0 Å². The van der Waals surface area contributed by atoms with Crippen LogP contribution in [-0.4, -0.2) is 27.6 Å². The molecular formula is C19H15F3N2O4. The van der Waals surface area contributed by atoms with Crippen LogP contribution >= 0.6 is 0 Å². The number of hydrogen-bond donors (Lipinski definition) is 1. The van der Waals surface area contributed by atoms with Gasteiger partial charge in [-0.2, -0.15) is 18.2 Å². The van der Waals surface area contributed by atoms with Crippen molar-refractivity contribution in [2.45, 2.75) is 18.5 Å². The lowest BCUT2D eigenvalue weighted by Crippen LogP contribution is -2.25. The van der Waals surface area contributed by atoms with Gasteiger partial charge in [0.1, 0.15) is 5.65 Å². The van der Waals surface area contributed by atoms with Crippen molar-refractivity contribution >= 4 is 11.6 Å². The molecule has 0 amide bonds. The number of ether oxygens (including phenoxy) is 1. The zero-order chi connectivity index (χ0) is 20.5. The quantitative estimate of drug-likeness (QED) is 0.690. The Bertz CT molecular complexity index is 1080. The van der Waals surface area contributed by atoms with Crippen molar-refractivity contribution in [3.8, 4) is 5.88 Å². The largest absolute Gasteiger partial charge is 0.493 e. The number of halogens is 3. The molecule has 3 aromatic rings. The third kappa shape index (κ3) is 3.68. The Labute approximate surface area is 156 Å². The topological polar surface area (TPSA) is 80.9 Å². The molecule has 2 aromatic heterocycles. The van der Waals surface area contributed by atoms with Crippen LogP contribution in [0.25, 0.3) is 5.65 Å². The molecule has 28 heavy (non-hydrogen) atoms. The van der Waals surface area contributed by atoms with Gasteiger partial charge >= 0.3 is 12.1 Å².